The number of aryl methyl sites for hydroxylation is 1. The van der Waals surface area contributed by atoms with Crippen LogP contribution in [0.4, 0.5) is 5.69 Å². The Bertz CT molecular complexity index is 412. The number of carbonyl (C=O) groups excluding carboxylic acids is 2. The lowest BCUT2D eigenvalue weighted by Gasteiger charge is -2.21. The Hall–Kier alpha value is -1.64. The minimum absolute atomic E-state index is 0.00769. The first-order valence-corrected chi connectivity index (χ1v) is 5.91. The largest absolute Gasteiger partial charge is 0.313 e. The molecule has 0 aliphatic rings. The van der Waals surface area contributed by atoms with Gasteiger partial charge >= 0.3 is 0 Å². The van der Waals surface area contributed by atoms with Crippen LogP contribution in [0.2, 0.25) is 0 Å². The molecule has 0 atom stereocenters. The highest BCUT2D eigenvalue weighted by Crippen LogP contribution is 2.17. The number of carbonyl (C=O) groups is 2. The molecule has 0 bridgehead atoms. The number of benzene rings is 1. The zero-order chi connectivity index (χ0) is 12.8. The van der Waals surface area contributed by atoms with Gasteiger partial charge in [-0.05, 0) is 38.5 Å². The Kier molecular flexibility index (Phi) is 4.88. The van der Waals surface area contributed by atoms with Crippen molar-refractivity contribution >= 4 is 17.4 Å². The van der Waals surface area contributed by atoms with E-state index in [2.05, 4.69) is 0 Å². The van der Waals surface area contributed by atoms with Crippen LogP contribution in [0.25, 0.3) is 0 Å². The third-order valence-corrected chi connectivity index (χ3v) is 2.62. The number of hydrogen-bond donors (Lipinski definition) is 0. The van der Waals surface area contributed by atoms with Gasteiger partial charge in [0.2, 0.25) is 5.91 Å². The number of anilines is 1. The third-order valence-electron chi connectivity index (χ3n) is 2.62. The predicted octanol–water partition coefficient (Wildman–Crippen LogP) is 2.72. The summed E-state index contributed by atoms with van der Waals surface area (Å²) < 4.78 is 0. The summed E-state index contributed by atoms with van der Waals surface area (Å²) >= 11 is 0. The van der Waals surface area contributed by atoms with Crippen molar-refractivity contribution in [2.45, 2.75) is 33.6 Å². The van der Waals surface area contributed by atoms with Crippen LogP contribution in [-0.4, -0.2) is 18.2 Å². The molecule has 0 aliphatic heterocycles. The van der Waals surface area contributed by atoms with Crippen LogP contribution in [-0.2, 0) is 9.59 Å². The number of nitrogens with zero attached hydrogens (tertiary/aromatic N) is 1. The number of ketones is 1. The fourth-order valence-electron chi connectivity index (χ4n) is 1.72. The van der Waals surface area contributed by atoms with Gasteiger partial charge in [-0.25, -0.2) is 0 Å². The standard InChI is InChI=1S/C14H19NO2/c1-4-15(14(17)9-8-12(3)16)13-7-5-6-11(2)10-13/h5-7,10H,4,8-9H2,1-3H3. The smallest absolute Gasteiger partial charge is 0.227 e. The van der Waals surface area contributed by atoms with E-state index in [4.69, 9.17) is 0 Å². The SMILES string of the molecule is CCN(C(=O)CCC(C)=O)c1cccc(C)c1. The Labute approximate surface area is 102 Å². The highest BCUT2D eigenvalue weighted by molar-refractivity contribution is 5.95. The van der Waals surface area contributed by atoms with E-state index in [1.807, 2.05) is 38.1 Å². The van der Waals surface area contributed by atoms with Crippen molar-refractivity contribution < 1.29 is 9.59 Å². The van der Waals surface area contributed by atoms with Crippen LogP contribution in [0.15, 0.2) is 24.3 Å². The molecule has 17 heavy (non-hydrogen) atoms. The number of Topliss-reactive ketones (excluding diaryl/α,β-unsaturated/α-hetero) is 1. The second kappa shape index (κ2) is 6.18. The first-order valence-electron chi connectivity index (χ1n) is 5.91. The minimum Gasteiger partial charge on any atom is -0.313 e. The summed E-state index contributed by atoms with van der Waals surface area (Å²) in [5.74, 6) is 0.0620. The molecule has 1 rings (SSSR count). The summed E-state index contributed by atoms with van der Waals surface area (Å²) in [5, 5.41) is 0. The Balaban J connectivity index is 2.77. The lowest BCUT2D eigenvalue weighted by Crippen LogP contribution is -2.30. The van der Waals surface area contributed by atoms with Crippen molar-refractivity contribution in [3.05, 3.63) is 29.8 Å². The molecule has 0 saturated heterocycles. The van der Waals surface area contributed by atoms with Crippen LogP contribution in [0.1, 0.15) is 32.3 Å². The summed E-state index contributed by atoms with van der Waals surface area (Å²) in [4.78, 5) is 24.6. The van der Waals surface area contributed by atoms with Gasteiger partial charge in [0.05, 0.1) is 0 Å². The summed E-state index contributed by atoms with van der Waals surface area (Å²) in [7, 11) is 0. The van der Waals surface area contributed by atoms with E-state index >= 15 is 0 Å². The molecule has 1 amide bonds. The maximum atomic E-state index is 12.0. The predicted molar refractivity (Wildman–Crippen MR) is 69.1 cm³/mol. The van der Waals surface area contributed by atoms with Crippen LogP contribution in [0.5, 0.6) is 0 Å². The molecule has 0 aromatic heterocycles. The lowest BCUT2D eigenvalue weighted by molar-refractivity contribution is -0.123. The molecule has 3 heteroatoms. The first-order chi connectivity index (χ1) is 8.04. The molecule has 3 nitrogen and oxygen atoms in total. The normalized spacial score (nSPS) is 10.1. The van der Waals surface area contributed by atoms with E-state index in [0.29, 0.717) is 13.0 Å². The molecule has 1 aromatic rings. The van der Waals surface area contributed by atoms with Crippen molar-refractivity contribution in [3.8, 4) is 0 Å². The highest BCUT2D eigenvalue weighted by atomic mass is 16.2. The molecule has 0 fully saturated rings. The van der Waals surface area contributed by atoms with Gasteiger partial charge in [0.1, 0.15) is 5.78 Å². The Morgan fingerprint density at radius 2 is 1.94 bits per heavy atom. The van der Waals surface area contributed by atoms with Crippen molar-refractivity contribution in [2.24, 2.45) is 0 Å². The van der Waals surface area contributed by atoms with Crippen LogP contribution in [0, 0.1) is 6.92 Å². The number of rotatable bonds is 5. The minimum atomic E-state index is 0.00769. The maximum Gasteiger partial charge on any atom is 0.227 e. The molecule has 92 valence electrons. The van der Waals surface area contributed by atoms with E-state index in [1.165, 1.54) is 6.92 Å². The molecular weight excluding hydrogens is 214 g/mol. The van der Waals surface area contributed by atoms with Crippen molar-refractivity contribution in [3.63, 3.8) is 0 Å². The monoisotopic (exact) mass is 233 g/mol. The summed E-state index contributed by atoms with van der Waals surface area (Å²) in [6.45, 7) is 6.07. The van der Waals surface area contributed by atoms with E-state index < -0.39 is 0 Å². The van der Waals surface area contributed by atoms with Gasteiger partial charge in [0.25, 0.3) is 0 Å². The van der Waals surface area contributed by atoms with Gasteiger partial charge in [0.15, 0.2) is 0 Å². The van der Waals surface area contributed by atoms with Crippen LogP contribution in [0.3, 0.4) is 0 Å². The second-order valence-electron chi connectivity index (χ2n) is 4.18. The van der Waals surface area contributed by atoms with E-state index in [9.17, 15) is 9.59 Å². The van der Waals surface area contributed by atoms with Gasteiger partial charge in [0, 0.05) is 25.1 Å². The molecule has 0 radical (unpaired) electrons. The summed E-state index contributed by atoms with van der Waals surface area (Å²) in [6, 6.07) is 7.83. The Morgan fingerprint density at radius 3 is 2.47 bits per heavy atom. The van der Waals surface area contributed by atoms with E-state index in [-0.39, 0.29) is 18.1 Å². The highest BCUT2D eigenvalue weighted by Gasteiger charge is 2.14. The van der Waals surface area contributed by atoms with Gasteiger partial charge in [-0.3, -0.25) is 4.79 Å². The van der Waals surface area contributed by atoms with Gasteiger partial charge in [-0.15, -0.1) is 0 Å². The maximum absolute atomic E-state index is 12.0. The van der Waals surface area contributed by atoms with Gasteiger partial charge in [-0.2, -0.15) is 0 Å². The van der Waals surface area contributed by atoms with Gasteiger partial charge in [-0.1, -0.05) is 12.1 Å². The molecule has 0 heterocycles. The molecule has 0 saturated carbocycles. The number of hydrogen-bond acceptors (Lipinski definition) is 2. The molecule has 0 spiro atoms. The average Bonchev–Trinajstić information content (AvgIpc) is 2.27. The molecule has 0 unspecified atom stereocenters. The quantitative estimate of drug-likeness (QED) is 0.784. The molecular formula is C14H19NO2. The lowest BCUT2D eigenvalue weighted by atomic mass is 10.1. The zero-order valence-corrected chi connectivity index (χ0v) is 10.7. The topological polar surface area (TPSA) is 37.4 Å². The fourth-order valence-corrected chi connectivity index (χ4v) is 1.72. The van der Waals surface area contributed by atoms with E-state index in [1.54, 1.807) is 4.90 Å². The Morgan fingerprint density at radius 1 is 1.24 bits per heavy atom. The van der Waals surface area contributed by atoms with E-state index in [0.717, 1.165) is 11.3 Å². The zero-order valence-electron chi connectivity index (χ0n) is 10.7. The molecule has 0 aliphatic carbocycles. The van der Waals surface area contributed by atoms with Crippen molar-refractivity contribution in [2.75, 3.05) is 11.4 Å². The van der Waals surface area contributed by atoms with Crippen molar-refractivity contribution in [1.29, 1.82) is 0 Å². The van der Waals surface area contributed by atoms with Gasteiger partial charge < -0.3 is 9.69 Å². The third kappa shape index (κ3) is 4.02. The van der Waals surface area contributed by atoms with Crippen molar-refractivity contribution in [1.82, 2.24) is 0 Å². The summed E-state index contributed by atoms with van der Waals surface area (Å²) in [5.41, 5.74) is 2.03. The molecule has 0 N–H and O–H groups in total. The summed E-state index contributed by atoms with van der Waals surface area (Å²) in [6.07, 6.45) is 0.609. The fraction of sp³-hybridized carbons (Fsp3) is 0.429. The van der Waals surface area contributed by atoms with Crippen LogP contribution < -0.4 is 4.90 Å². The molecule has 1 aromatic carbocycles. The van der Waals surface area contributed by atoms with Crippen LogP contribution >= 0.6 is 0 Å². The first kappa shape index (κ1) is 13.4. The number of amides is 1. The second-order valence-corrected chi connectivity index (χ2v) is 4.18. The average molecular weight is 233 g/mol.